The third kappa shape index (κ3) is 5.96. The van der Waals surface area contributed by atoms with Gasteiger partial charge in [-0.1, -0.05) is 48.9 Å². The highest BCUT2D eigenvalue weighted by Crippen LogP contribution is 2.26. The van der Waals surface area contributed by atoms with Crippen LogP contribution in [0.1, 0.15) is 46.8 Å². The van der Waals surface area contributed by atoms with Gasteiger partial charge in [0.15, 0.2) is 0 Å². The van der Waals surface area contributed by atoms with Crippen molar-refractivity contribution >= 4 is 17.2 Å². The summed E-state index contributed by atoms with van der Waals surface area (Å²) in [6, 6.07) is 17.0. The first kappa shape index (κ1) is 21.6. The lowest BCUT2D eigenvalue weighted by Gasteiger charge is -2.38. The van der Waals surface area contributed by atoms with Crippen molar-refractivity contribution in [3.8, 4) is 0 Å². The largest absolute Gasteiger partial charge is 0.760 e. The van der Waals surface area contributed by atoms with Crippen LogP contribution in [0.25, 0.3) is 0 Å². The molecule has 2 unspecified atom stereocenters. The zero-order chi connectivity index (χ0) is 20.6. The van der Waals surface area contributed by atoms with Crippen molar-refractivity contribution in [3.05, 3.63) is 71.3 Å². The van der Waals surface area contributed by atoms with Crippen molar-refractivity contribution in [1.82, 2.24) is 9.21 Å². The van der Waals surface area contributed by atoms with Gasteiger partial charge in [0.25, 0.3) is 0 Å². The Morgan fingerprint density at radius 3 is 2.34 bits per heavy atom. The van der Waals surface area contributed by atoms with E-state index in [4.69, 9.17) is 4.74 Å². The second-order valence-electron chi connectivity index (χ2n) is 7.25. The van der Waals surface area contributed by atoms with Gasteiger partial charge in [0.05, 0.1) is 12.7 Å². The van der Waals surface area contributed by atoms with Crippen LogP contribution in [0.4, 0.5) is 0 Å². The van der Waals surface area contributed by atoms with Gasteiger partial charge >= 0.3 is 5.97 Å². The number of hydrogen-bond donors (Lipinski definition) is 0. The standard InChI is InChI=1S/C22H28N2O4S/c1-28-22(25)20-12-10-18(11-13-20)16-24(29(26)27)17-21(19-8-4-2-5-9-19)23-14-6-3-7-15-23/h2,4-5,8-13,21H,3,6-7,14-17H2,1H3,(H,26,27)/p-1. The molecule has 2 aromatic rings. The molecular weight excluding hydrogens is 388 g/mol. The Kier molecular flexibility index (Phi) is 7.94. The molecule has 6 nitrogen and oxygen atoms in total. The number of rotatable bonds is 8. The molecule has 0 amide bonds. The summed E-state index contributed by atoms with van der Waals surface area (Å²) in [5.41, 5.74) is 2.40. The molecule has 2 aromatic carbocycles. The molecule has 1 fully saturated rings. The smallest absolute Gasteiger partial charge is 0.337 e. The van der Waals surface area contributed by atoms with E-state index >= 15 is 0 Å². The fourth-order valence-corrected chi connectivity index (χ4v) is 4.29. The van der Waals surface area contributed by atoms with Crippen LogP contribution in [0, 0.1) is 0 Å². The van der Waals surface area contributed by atoms with Crippen molar-refractivity contribution in [3.63, 3.8) is 0 Å². The highest BCUT2D eigenvalue weighted by Gasteiger charge is 2.25. The molecule has 1 aliphatic rings. The van der Waals surface area contributed by atoms with Gasteiger partial charge in [-0.25, -0.2) is 9.10 Å². The van der Waals surface area contributed by atoms with Crippen LogP contribution in [-0.2, 0) is 22.5 Å². The maximum absolute atomic E-state index is 12.0. The van der Waals surface area contributed by atoms with Crippen LogP contribution in [-0.4, -0.2) is 50.7 Å². The number of esters is 1. The zero-order valence-corrected chi connectivity index (χ0v) is 17.5. The Hall–Kier alpha value is -2.06. The Morgan fingerprint density at radius 1 is 1.10 bits per heavy atom. The fourth-order valence-electron chi connectivity index (χ4n) is 3.78. The number of hydrogen-bond acceptors (Lipinski definition) is 5. The minimum Gasteiger partial charge on any atom is -0.760 e. The molecule has 0 spiro atoms. The Labute approximate surface area is 174 Å². The monoisotopic (exact) mass is 415 g/mol. The molecule has 0 saturated carbocycles. The van der Waals surface area contributed by atoms with Crippen molar-refractivity contribution in [2.45, 2.75) is 31.8 Å². The van der Waals surface area contributed by atoms with Gasteiger partial charge in [-0.05, 0) is 49.2 Å². The Morgan fingerprint density at radius 2 is 1.76 bits per heavy atom. The summed E-state index contributed by atoms with van der Waals surface area (Å²) in [5.74, 6) is -0.407. The van der Waals surface area contributed by atoms with Crippen LogP contribution in [0.2, 0.25) is 0 Å². The van der Waals surface area contributed by atoms with Crippen LogP contribution < -0.4 is 0 Å². The van der Waals surface area contributed by atoms with E-state index in [9.17, 15) is 13.6 Å². The van der Waals surface area contributed by atoms with Crippen LogP contribution in [0.3, 0.4) is 0 Å². The summed E-state index contributed by atoms with van der Waals surface area (Å²) in [6.45, 7) is 2.60. The lowest BCUT2D eigenvalue weighted by Crippen LogP contribution is -2.41. The average molecular weight is 416 g/mol. The number of likely N-dealkylation sites (tertiary alicyclic amines) is 1. The molecule has 1 saturated heterocycles. The lowest BCUT2D eigenvalue weighted by molar-refractivity contribution is 0.0600. The molecule has 0 N–H and O–H groups in total. The van der Waals surface area contributed by atoms with E-state index in [1.807, 2.05) is 18.2 Å². The van der Waals surface area contributed by atoms with Gasteiger partial charge in [-0.15, -0.1) is 0 Å². The van der Waals surface area contributed by atoms with E-state index in [0.717, 1.165) is 37.1 Å². The number of carbonyl (C=O) groups excluding carboxylic acids is 1. The first-order valence-corrected chi connectivity index (χ1v) is 10.9. The topological polar surface area (TPSA) is 72.9 Å². The molecule has 3 rings (SSSR count). The first-order valence-electron chi connectivity index (χ1n) is 9.89. The summed E-state index contributed by atoms with van der Waals surface area (Å²) in [5, 5.41) is 0. The summed E-state index contributed by atoms with van der Waals surface area (Å²) >= 11 is -2.35. The third-order valence-electron chi connectivity index (χ3n) is 5.34. The molecule has 29 heavy (non-hydrogen) atoms. The highest BCUT2D eigenvalue weighted by atomic mass is 32.2. The molecule has 0 aromatic heterocycles. The first-order chi connectivity index (χ1) is 14.1. The van der Waals surface area contributed by atoms with Gasteiger partial charge in [-0.3, -0.25) is 9.11 Å². The van der Waals surface area contributed by atoms with Gasteiger partial charge in [-0.2, -0.15) is 0 Å². The third-order valence-corrected chi connectivity index (χ3v) is 6.04. The molecule has 1 heterocycles. The van der Waals surface area contributed by atoms with Crippen LogP contribution in [0.15, 0.2) is 54.6 Å². The molecule has 0 aliphatic carbocycles. The Balaban J connectivity index is 1.77. The maximum Gasteiger partial charge on any atom is 0.337 e. The van der Waals surface area contributed by atoms with E-state index in [0.29, 0.717) is 12.1 Å². The van der Waals surface area contributed by atoms with Gasteiger partial charge in [0.2, 0.25) is 0 Å². The second-order valence-corrected chi connectivity index (χ2v) is 8.20. The van der Waals surface area contributed by atoms with Crippen molar-refractivity contribution in [2.75, 3.05) is 26.7 Å². The van der Waals surface area contributed by atoms with Gasteiger partial charge in [0, 0.05) is 30.4 Å². The number of piperidine rings is 1. The highest BCUT2D eigenvalue weighted by molar-refractivity contribution is 7.76. The molecular formula is C22H27N2O4S-. The summed E-state index contributed by atoms with van der Waals surface area (Å²) in [6.07, 6.45) is 3.50. The molecule has 0 radical (unpaired) electrons. The minimum absolute atomic E-state index is 0.0174. The van der Waals surface area contributed by atoms with Crippen LogP contribution >= 0.6 is 0 Å². The second kappa shape index (κ2) is 10.6. The molecule has 7 heteroatoms. The molecule has 1 aliphatic heterocycles. The number of carbonyl (C=O) groups is 1. The van der Waals surface area contributed by atoms with E-state index in [-0.39, 0.29) is 12.6 Å². The molecule has 2 atom stereocenters. The predicted octanol–water partition coefficient (Wildman–Crippen LogP) is 3.30. The van der Waals surface area contributed by atoms with Gasteiger partial charge < -0.3 is 9.29 Å². The number of nitrogens with zero attached hydrogens (tertiary/aromatic N) is 2. The van der Waals surface area contributed by atoms with Gasteiger partial charge in [0.1, 0.15) is 0 Å². The van der Waals surface area contributed by atoms with E-state index in [2.05, 4.69) is 17.0 Å². The van der Waals surface area contributed by atoms with Crippen molar-refractivity contribution in [1.29, 1.82) is 0 Å². The van der Waals surface area contributed by atoms with Crippen molar-refractivity contribution in [2.24, 2.45) is 0 Å². The van der Waals surface area contributed by atoms with E-state index in [1.165, 1.54) is 17.8 Å². The predicted molar refractivity (Wildman–Crippen MR) is 112 cm³/mol. The summed E-state index contributed by atoms with van der Waals surface area (Å²) in [7, 11) is 1.34. The summed E-state index contributed by atoms with van der Waals surface area (Å²) in [4.78, 5) is 14.0. The number of ether oxygens (including phenoxy) is 1. The fraction of sp³-hybridized carbons (Fsp3) is 0.409. The molecule has 156 valence electrons. The quantitative estimate of drug-likeness (QED) is 0.489. The number of benzene rings is 2. The number of methoxy groups -OCH3 is 1. The Bertz CT molecular complexity index is 807. The normalized spacial score (nSPS) is 17.1. The maximum atomic E-state index is 12.0. The lowest BCUT2D eigenvalue weighted by atomic mass is 10.0. The van der Waals surface area contributed by atoms with E-state index in [1.54, 1.807) is 24.3 Å². The average Bonchev–Trinajstić information content (AvgIpc) is 2.77. The van der Waals surface area contributed by atoms with E-state index < -0.39 is 17.2 Å². The van der Waals surface area contributed by atoms with Crippen LogP contribution in [0.5, 0.6) is 0 Å². The molecule has 0 bridgehead atoms. The minimum atomic E-state index is -2.35. The zero-order valence-electron chi connectivity index (χ0n) is 16.7. The SMILES string of the molecule is COC(=O)c1ccc(CN(CC(c2ccccc2)N2CCCCC2)S(=O)[O-])cc1. The summed E-state index contributed by atoms with van der Waals surface area (Å²) < 4.78 is 30.2. The van der Waals surface area contributed by atoms with Crippen molar-refractivity contribution < 1.29 is 18.3 Å².